The summed E-state index contributed by atoms with van der Waals surface area (Å²) in [6.45, 7) is 3.82. The zero-order chi connectivity index (χ0) is 18.8. The van der Waals surface area contributed by atoms with Crippen molar-refractivity contribution in [3.05, 3.63) is 23.4 Å². The Bertz CT molecular complexity index is 709. The largest absolute Gasteiger partial charge is 0.480 e. The van der Waals surface area contributed by atoms with Crippen LogP contribution in [-0.4, -0.2) is 71.0 Å². The van der Waals surface area contributed by atoms with E-state index in [1.54, 1.807) is 0 Å². The Balaban J connectivity index is 1.23. The molecule has 3 aliphatic heterocycles. The maximum Gasteiger partial charge on any atom is 0.317 e. The van der Waals surface area contributed by atoms with Gasteiger partial charge in [0.1, 0.15) is 5.82 Å². The Kier molecular flexibility index (Phi) is 5.29. The molecular weight excluding hydrogens is 344 g/mol. The lowest BCUT2D eigenvalue weighted by molar-refractivity contribution is -0.148. The van der Waals surface area contributed by atoms with Crippen molar-refractivity contribution < 1.29 is 14.7 Å². The van der Waals surface area contributed by atoms with Crippen LogP contribution in [0.3, 0.4) is 0 Å². The summed E-state index contributed by atoms with van der Waals surface area (Å²) in [6, 6.07) is 4.37. The van der Waals surface area contributed by atoms with Gasteiger partial charge in [0.2, 0.25) is 5.91 Å². The number of carbonyl (C=O) groups is 2. The summed E-state index contributed by atoms with van der Waals surface area (Å²) < 4.78 is 0. The second kappa shape index (κ2) is 7.84. The normalized spacial score (nSPS) is 21.3. The fraction of sp³-hybridized carbons (Fsp3) is 0.650. The van der Waals surface area contributed by atoms with E-state index in [-0.39, 0.29) is 18.4 Å². The van der Waals surface area contributed by atoms with E-state index in [1.165, 1.54) is 12.0 Å². The summed E-state index contributed by atoms with van der Waals surface area (Å²) in [5.74, 6) is 0.989. The summed E-state index contributed by atoms with van der Waals surface area (Å²) in [4.78, 5) is 31.9. The van der Waals surface area contributed by atoms with E-state index in [2.05, 4.69) is 17.4 Å². The van der Waals surface area contributed by atoms with Gasteiger partial charge in [-0.3, -0.25) is 14.5 Å². The minimum Gasteiger partial charge on any atom is -0.480 e. The third kappa shape index (κ3) is 4.24. The molecule has 27 heavy (non-hydrogen) atoms. The van der Waals surface area contributed by atoms with Crippen LogP contribution in [0.4, 0.5) is 5.82 Å². The molecule has 0 aromatic carbocycles. The van der Waals surface area contributed by atoms with Gasteiger partial charge in [-0.1, -0.05) is 6.07 Å². The molecule has 1 amide bonds. The van der Waals surface area contributed by atoms with Gasteiger partial charge in [-0.25, -0.2) is 4.98 Å². The quantitative estimate of drug-likeness (QED) is 0.809. The van der Waals surface area contributed by atoms with E-state index in [9.17, 15) is 9.59 Å². The number of hydrogen-bond acceptors (Lipinski definition) is 5. The van der Waals surface area contributed by atoms with Crippen molar-refractivity contribution in [2.75, 3.05) is 44.6 Å². The number of aliphatic carboxylic acids is 1. The van der Waals surface area contributed by atoms with Crippen LogP contribution in [0.5, 0.6) is 0 Å². The number of hydrogen-bond donors (Lipinski definition) is 2. The number of aryl methyl sites for hydroxylation is 1. The molecule has 1 aromatic rings. The number of fused-ring (bicyclic) bond motifs is 1. The van der Waals surface area contributed by atoms with E-state index < -0.39 is 5.97 Å². The molecule has 0 unspecified atom stereocenters. The molecule has 0 radical (unpaired) electrons. The number of rotatable bonds is 5. The van der Waals surface area contributed by atoms with Crippen LogP contribution in [0.1, 0.15) is 30.5 Å². The van der Waals surface area contributed by atoms with Crippen molar-refractivity contribution >= 4 is 17.7 Å². The molecule has 2 fully saturated rings. The number of carbonyl (C=O) groups excluding carboxylic acids is 1. The van der Waals surface area contributed by atoms with Gasteiger partial charge < -0.3 is 15.3 Å². The maximum absolute atomic E-state index is 12.6. The standard InChI is InChI=1S/C20H28N4O3/c25-18(26)13-23-11-16(12-23)20(27)24-8-5-14(6-9-24)10-17-4-3-15-2-1-7-21-19(15)22-17/h3-4,14,16H,1-2,5-13H2,(H,21,22)(H,25,26). The Morgan fingerprint density at radius 2 is 2.00 bits per heavy atom. The number of aromatic nitrogens is 1. The fourth-order valence-electron chi connectivity index (χ4n) is 4.44. The molecule has 1 aromatic heterocycles. The van der Waals surface area contributed by atoms with Gasteiger partial charge in [-0.15, -0.1) is 0 Å². The zero-order valence-corrected chi connectivity index (χ0v) is 15.7. The molecule has 0 aliphatic carbocycles. The lowest BCUT2D eigenvalue weighted by atomic mass is 9.90. The summed E-state index contributed by atoms with van der Waals surface area (Å²) in [5.41, 5.74) is 2.47. The maximum atomic E-state index is 12.6. The van der Waals surface area contributed by atoms with E-state index in [0.29, 0.717) is 19.0 Å². The van der Waals surface area contributed by atoms with Gasteiger partial charge in [0.25, 0.3) is 0 Å². The van der Waals surface area contributed by atoms with Crippen LogP contribution < -0.4 is 5.32 Å². The first-order chi connectivity index (χ1) is 13.1. The average molecular weight is 372 g/mol. The highest BCUT2D eigenvalue weighted by molar-refractivity contribution is 5.80. The molecule has 2 saturated heterocycles. The van der Waals surface area contributed by atoms with Gasteiger partial charge in [-0.2, -0.15) is 0 Å². The topological polar surface area (TPSA) is 85.8 Å². The molecule has 4 rings (SSSR count). The van der Waals surface area contributed by atoms with E-state index in [4.69, 9.17) is 10.1 Å². The third-order valence-electron chi connectivity index (χ3n) is 6.04. The molecule has 0 bridgehead atoms. The lowest BCUT2D eigenvalue weighted by Crippen LogP contribution is -2.56. The number of piperidine rings is 1. The zero-order valence-electron chi connectivity index (χ0n) is 15.7. The minimum atomic E-state index is -0.826. The van der Waals surface area contributed by atoms with Crippen molar-refractivity contribution in [2.24, 2.45) is 11.8 Å². The highest BCUT2D eigenvalue weighted by Crippen LogP contribution is 2.26. The number of carboxylic acid groups (broad SMARTS) is 1. The van der Waals surface area contributed by atoms with Crippen molar-refractivity contribution in [3.63, 3.8) is 0 Å². The summed E-state index contributed by atoms with van der Waals surface area (Å²) in [6.07, 6.45) is 5.30. The average Bonchev–Trinajstić information content (AvgIpc) is 2.64. The first kappa shape index (κ1) is 18.2. The highest BCUT2D eigenvalue weighted by atomic mass is 16.4. The van der Waals surface area contributed by atoms with Gasteiger partial charge in [-0.05, 0) is 49.7 Å². The Morgan fingerprint density at radius 1 is 1.22 bits per heavy atom. The van der Waals surface area contributed by atoms with E-state index in [1.807, 2.05) is 9.80 Å². The minimum absolute atomic E-state index is 0.0192. The molecular formula is C20H28N4O3. The molecule has 3 aliphatic rings. The number of likely N-dealkylation sites (tertiary alicyclic amines) is 2. The summed E-state index contributed by atoms with van der Waals surface area (Å²) >= 11 is 0. The van der Waals surface area contributed by atoms with Crippen LogP contribution in [0.25, 0.3) is 0 Å². The van der Waals surface area contributed by atoms with Crippen molar-refractivity contribution in [3.8, 4) is 0 Å². The smallest absolute Gasteiger partial charge is 0.317 e. The van der Waals surface area contributed by atoms with Crippen LogP contribution >= 0.6 is 0 Å². The first-order valence-corrected chi connectivity index (χ1v) is 10.0. The van der Waals surface area contributed by atoms with Crippen LogP contribution in [0.15, 0.2) is 12.1 Å². The molecule has 4 heterocycles. The molecule has 2 N–H and O–H groups in total. The van der Waals surface area contributed by atoms with Gasteiger partial charge in [0.15, 0.2) is 0 Å². The van der Waals surface area contributed by atoms with Gasteiger partial charge >= 0.3 is 5.97 Å². The molecule has 0 spiro atoms. The predicted molar refractivity (Wildman–Crippen MR) is 102 cm³/mol. The molecule has 7 heteroatoms. The second-order valence-corrected chi connectivity index (χ2v) is 8.10. The van der Waals surface area contributed by atoms with Crippen LogP contribution in [0, 0.1) is 11.8 Å². The Morgan fingerprint density at radius 3 is 2.74 bits per heavy atom. The van der Waals surface area contributed by atoms with Crippen LogP contribution in [-0.2, 0) is 22.4 Å². The number of anilines is 1. The summed E-state index contributed by atoms with van der Waals surface area (Å²) in [7, 11) is 0. The highest BCUT2D eigenvalue weighted by Gasteiger charge is 2.37. The van der Waals surface area contributed by atoms with Crippen molar-refractivity contribution in [1.29, 1.82) is 0 Å². The number of pyridine rings is 1. The SMILES string of the molecule is O=C(O)CN1CC(C(=O)N2CCC(Cc3ccc4c(n3)NCCC4)CC2)C1. The molecule has 7 nitrogen and oxygen atoms in total. The Labute approximate surface area is 159 Å². The van der Waals surface area contributed by atoms with Crippen molar-refractivity contribution in [2.45, 2.75) is 32.1 Å². The third-order valence-corrected chi connectivity index (χ3v) is 6.04. The number of amides is 1. The number of nitrogens with zero attached hydrogens (tertiary/aromatic N) is 3. The van der Waals surface area contributed by atoms with Crippen LogP contribution in [0.2, 0.25) is 0 Å². The number of nitrogens with one attached hydrogen (secondary N) is 1. The Hall–Kier alpha value is -2.15. The van der Waals surface area contributed by atoms with E-state index in [0.717, 1.165) is 56.8 Å². The van der Waals surface area contributed by atoms with E-state index >= 15 is 0 Å². The fourth-order valence-corrected chi connectivity index (χ4v) is 4.44. The predicted octanol–water partition coefficient (Wildman–Crippen LogP) is 1.24. The monoisotopic (exact) mass is 372 g/mol. The first-order valence-electron chi connectivity index (χ1n) is 10.0. The van der Waals surface area contributed by atoms with Gasteiger partial charge in [0, 0.05) is 38.4 Å². The summed E-state index contributed by atoms with van der Waals surface area (Å²) in [5, 5.41) is 12.2. The number of carboxylic acids is 1. The van der Waals surface area contributed by atoms with Gasteiger partial charge in [0.05, 0.1) is 12.5 Å². The molecule has 0 saturated carbocycles. The lowest BCUT2D eigenvalue weighted by Gasteiger charge is -2.41. The second-order valence-electron chi connectivity index (χ2n) is 8.10. The van der Waals surface area contributed by atoms with Crippen molar-refractivity contribution in [1.82, 2.24) is 14.8 Å². The molecule has 0 atom stereocenters. The molecule has 146 valence electrons.